The summed E-state index contributed by atoms with van der Waals surface area (Å²) in [5, 5.41) is 5.68. The van der Waals surface area contributed by atoms with E-state index in [1.165, 1.54) is 5.56 Å². The maximum absolute atomic E-state index is 12.2. The monoisotopic (exact) mass is 356 g/mol. The van der Waals surface area contributed by atoms with Gasteiger partial charge in [0.25, 0.3) is 11.8 Å². The second kappa shape index (κ2) is 9.01. The molecule has 0 radical (unpaired) electrons. The number of quaternary nitrogens is 1. The van der Waals surface area contributed by atoms with E-state index < -0.39 is 0 Å². The number of hydrogen-bond acceptors (Lipinski definition) is 3. The first kappa shape index (κ1) is 19.5. The number of amides is 2. The molecule has 6 heteroatoms. The number of ether oxygens (including phenoxy) is 1. The van der Waals surface area contributed by atoms with E-state index in [9.17, 15) is 9.59 Å². The summed E-state index contributed by atoms with van der Waals surface area (Å²) >= 11 is 0. The molecule has 0 fully saturated rings. The Hall–Kier alpha value is -2.86. The zero-order valence-electron chi connectivity index (χ0n) is 15.7. The van der Waals surface area contributed by atoms with Gasteiger partial charge in [0.05, 0.1) is 14.2 Å². The van der Waals surface area contributed by atoms with Gasteiger partial charge in [0.1, 0.15) is 5.75 Å². The Bertz CT molecular complexity index is 790. The van der Waals surface area contributed by atoms with Crippen molar-refractivity contribution in [1.82, 2.24) is 0 Å². The Morgan fingerprint density at radius 1 is 0.923 bits per heavy atom. The molecule has 0 aliphatic carbocycles. The summed E-state index contributed by atoms with van der Waals surface area (Å²) in [6, 6.07) is 13.0. The molecule has 0 aliphatic heterocycles. The molecule has 138 valence electrons. The first-order chi connectivity index (χ1) is 12.4. The molecule has 0 aromatic heterocycles. The zero-order valence-corrected chi connectivity index (χ0v) is 15.7. The smallest absolute Gasteiger partial charge is 0.279 e. The highest BCUT2D eigenvalue weighted by Gasteiger charge is 2.15. The third kappa shape index (κ3) is 5.89. The van der Waals surface area contributed by atoms with Crippen LogP contribution in [0.4, 0.5) is 11.4 Å². The van der Waals surface area contributed by atoms with Gasteiger partial charge in [-0.1, -0.05) is 12.1 Å². The van der Waals surface area contributed by atoms with Crippen LogP contribution in [0.5, 0.6) is 5.75 Å². The Balaban J connectivity index is 1.82. The number of hydrogen-bond donors (Lipinski definition) is 3. The van der Waals surface area contributed by atoms with Crippen LogP contribution in [0.2, 0.25) is 0 Å². The number of likely N-dealkylation sites (N-methyl/N-ethyl adjacent to an activating group) is 1. The van der Waals surface area contributed by atoms with Crippen LogP contribution >= 0.6 is 0 Å². The summed E-state index contributed by atoms with van der Waals surface area (Å²) in [5.74, 6) is 0.394. The molecule has 1 unspecified atom stereocenters. The third-order valence-corrected chi connectivity index (χ3v) is 4.07. The molecule has 3 N–H and O–H groups in total. The van der Waals surface area contributed by atoms with E-state index in [1.807, 2.05) is 51.2 Å². The second-order valence-corrected chi connectivity index (χ2v) is 6.44. The molecular weight excluding hydrogens is 330 g/mol. The van der Waals surface area contributed by atoms with Crippen molar-refractivity contribution in [3.05, 3.63) is 53.6 Å². The SMILES string of the molecule is COc1cccc(NC(=O)C[NH+](C)CC(=O)Nc2ccc(C)c(C)c2)c1. The molecule has 1 atom stereocenters. The molecule has 2 aromatic rings. The van der Waals surface area contributed by atoms with E-state index in [1.54, 1.807) is 19.2 Å². The zero-order chi connectivity index (χ0) is 19.1. The molecule has 2 aromatic carbocycles. The van der Waals surface area contributed by atoms with Gasteiger partial charge in [-0.05, 0) is 49.2 Å². The number of methoxy groups -OCH3 is 1. The summed E-state index contributed by atoms with van der Waals surface area (Å²) in [7, 11) is 3.39. The molecule has 2 rings (SSSR count). The van der Waals surface area contributed by atoms with Crippen LogP contribution in [0, 0.1) is 13.8 Å². The average molecular weight is 356 g/mol. The molecular formula is C20H26N3O3+. The van der Waals surface area contributed by atoms with Gasteiger partial charge in [-0.25, -0.2) is 0 Å². The molecule has 26 heavy (non-hydrogen) atoms. The lowest BCUT2D eigenvalue weighted by Gasteiger charge is -2.14. The van der Waals surface area contributed by atoms with Gasteiger partial charge >= 0.3 is 0 Å². The van der Waals surface area contributed by atoms with Gasteiger partial charge in [-0.2, -0.15) is 0 Å². The molecule has 0 bridgehead atoms. The molecule has 2 amide bonds. The first-order valence-electron chi connectivity index (χ1n) is 8.49. The fourth-order valence-electron chi connectivity index (χ4n) is 2.54. The predicted octanol–water partition coefficient (Wildman–Crippen LogP) is 1.40. The minimum absolute atomic E-state index is 0.125. The number of benzene rings is 2. The van der Waals surface area contributed by atoms with Gasteiger partial charge in [0.2, 0.25) is 0 Å². The van der Waals surface area contributed by atoms with Crippen molar-refractivity contribution >= 4 is 23.2 Å². The van der Waals surface area contributed by atoms with Crippen LogP contribution in [-0.4, -0.2) is 39.1 Å². The van der Waals surface area contributed by atoms with Gasteiger partial charge in [-0.15, -0.1) is 0 Å². The van der Waals surface area contributed by atoms with Crippen molar-refractivity contribution < 1.29 is 19.2 Å². The average Bonchev–Trinajstić information content (AvgIpc) is 2.57. The van der Waals surface area contributed by atoms with Gasteiger partial charge in [0, 0.05) is 17.4 Å². The number of carbonyl (C=O) groups excluding carboxylic acids is 2. The highest BCUT2D eigenvalue weighted by molar-refractivity contribution is 5.93. The van der Waals surface area contributed by atoms with E-state index in [0.717, 1.165) is 16.2 Å². The Labute approximate surface area is 154 Å². The standard InChI is InChI=1S/C20H25N3O3/c1-14-8-9-17(10-15(14)2)22-20(25)13-23(3)12-19(24)21-16-6-5-7-18(11-16)26-4/h5-11H,12-13H2,1-4H3,(H,21,24)(H,22,25)/p+1. The number of aryl methyl sites for hydroxylation is 2. The molecule has 0 heterocycles. The van der Waals surface area contributed by atoms with Crippen LogP contribution in [0.15, 0.2) is 42.5 Å². The summed E-state index contributed by atoms with van der Waals surface area (Å²) in [6.07, 6.45) is 0. The summed E-state index contributed by atoms with van der Waals surface area (Å²) in [4.78, 5) is 25.1. The highest BCUT2D eigenvalue weighted by Crippen LogP contribution is 2.16. The lowest BCUT2D eigenvalue weighted by Crippen LogP contribution is -3.11. The van der Waals surface area contributed by atoms with Crippen molar-refractivity contribution in [3.8, 4) is 5.75 Å². The number of anilines is 2. The van der Waals surface area contributed by atoms with E-state index in [4.69, 9.17) is 4.74 Å². The Morgan fingerprint density at radius 2 is 1.54 bits per heavy atom. The number of carbonyl (C=O) groups is 2. The second-order valence-electron chi connectivity index (χ2n) is 6.44. The fraction of sp³-hybridized carbons (Fsp3) is 0.300. The van der Waals surface area contributed by atoms with Gasteiger partial charge < -0.3 is 20.3 Å². The van der Waals surface area contributed by atoms with Crippen LogP contribution in [0.25, 0.3) is 0 Å². The minimum atomic E-state index is -0.158. The maximum atomic E-state index is 12.2. The van der Waals surface area contributed by atoms with Crippen LogP contribution in [-0.2, 0) is 9.59 Å². The maximum Gasteiger partial charge on any atom is 0.279 e. The fourth-order valence-corrected chi connectivity index (χ4v) is 2.54. The number of rotatable bonds is 7. The summed E-state index contributed by atoms with van der Waals surface area (Å²) < 4.78 is 5.13. The molecule has 6 nitrogen and oxygen atoms in total. The topological polar surface area (TPSA) is 71.9 Å². The lowest BCUT2D eigenvalue weighted by atomic mass is 10.1. The van der Waals surface area contributed by atoms with Crippen molar-refractivity contribution in [3.63, 3.8) is 0 Å². The van der Waals surface area contributed by atoms with Crippen LogP contribution < -0.4 is 20.3 Å². The largest absolute Gasteiger partial charge is 0.497 e. The van der Waals surface area contributed by atoms with Crippen molar-refractivity contribution in [2.24, 2.45) is 0 Å². The van der Waals surface area contributed by atoms with Gasteiger partial charge in [-0.3, -0.25) is 9.59 Å². The summed E-state index contributed by atoms with van der Waals surface area (Å²) in [5.41, 5.74) is 3.74. The minimum Gasteiger partial charge on any atom is -0.497 e. The van der Waals surface area contributed by atoms with Crippen LogP contribution in [0.1, 0.15) is 11.1 Å². The molecule has 0 saturated heterocycles. The van der Waals surface area contributed by atoms with E-state index >= 15 is 0 Å². The summed E-state index contributed by atoms with van der Waals surface area (Å²) in [6.45, 7) is 4.43. The van der Waals surface area contributed by atoms with Crippen molar-refractivity contribution in [2.45, 2.75) is 13.8 Å². The number of nitrogens with one attached hydrogen (secondary N) is 3. The normalized spacial score (nSPS) is 11.5. The van der Waals surface area contributed by atoms with Gasteiger partial charge in [0.15, 0.2) is 13.1 Å². The Morgan fingerprint density at radius 3 is 2.12 bits per heavy atom. The molecule has 0 spiro atoms. The Kier molecular flexibility index (Phi) is 6.74. The highest BCUT2D eigenvalue weighted by atomic mass is 16.5. The van der Waals surface area contributed by atoms with Crippen LogP contribution in [0.3, 0.4) is 0 Å². The predicted molar refractivity (Wildman–Crippen MR) is 103 cm³/mol. The van der Waals surface area contributed by atoms with Crippen molar-refractivity contribution in [1.29, 1.82) is 0 Å². The van der Waals surface area contributed by atoms with Crippen molar-refractivity contribution in [2.75, 3.05) is 37.9 Å². The lowest BCUT2D eigenvalue weighted by molar-refractivity contribution is -0.862. The van der Waals surface area contributed by atoms with E-state index in [-0.39, 0.29) is 24.9 Å². The van der Waals surface area contributed by atoms with E-state index in [0.29, 0.717) is 11.4 Å². The first-order valence-corrected chi connectivity index (χ1v) is 8.49. The molecule has 0 aliphatic rings. The third-order valence-electron chi connectivity index (χ3n) is 4.07. The molecule has 0 saturated carbocycles. The quantitative estimate of drug-likeness (QED) is 0.702. The van der Waals surface area contributed by atoms with E-state index in [2.05, 4.69) is 10.6 Å².